The molecule has 0 atom stereocenters. The van der Waals surface area contributed by atoms with Gasteiger partial charge in [-0.15, -0.1) is 0 Å². The summed E-state index contributed by atoms with van der Waals surface area (Å²) in [6.45, 7) is 2.23. The molecule has 0 aliphatic carbocycles. The summed E-state index contributed by atoms with van der Waals surface area (Å²) in [4.78, 5) is 26.8. The number of amides is 2. The van der Waals surface area contributed by atoms with E-state index in [4.69, 9.17) is 0 Å². The van der Waals surface area contributed by atoms with Crippen LogP contribution in [-0.4, -0.2) is 21.2 Å². The van der Waals surface area contributed by atoms with E-state index in [1.807, 2.05) is 73.7 Å². The fourth-order valence-electron chi connectivity index (χ4n) is 3.31. The number of aromatic hydroxyl groups is 1. The molecular weight excluding hydrogens is 394 g/mol. The van der Waals surface area contributed by atoms with Crippen molar-refractivity contribution in [1.29, 1.82) is 0 Å². The van der Waals surface area contributed by atoms with Crippen molar-refractivity contribution < 1.29 is 14.7 Å². The zero-order valence-electron chi connectivity index (χ0n) is 16.5. The number of imide groups is 1. The van der Waals surface area contributed by atoms with Gasteiger partial charge in [0, 0.05) is 5.56 Å². The number of rotatable bonds is 5. The summed E-state index contributed by atoms with van der Waals surface area (Å²) < 4.78 is 0. The molecule has 1 N–H and O–H groups in total. The fraction of sp³-hybridized carbons (Fsp3) is 0.120. The van der Waals surface area contributed by atoms with Gasteiger partial charge in [-0.2, -0.15) is 0 Å². The largest absolute Gasteiger partial charge is 0.507 e. The van der Waals surface area contributed by atoms with Crippen LogP contribution in [0.5, 0.6) is 5.75 Å². The number of nitrogens with zero attached hydrogens (tertiary/aromatic N) is 1. The smallest absolute Gasteiger partial charge is 0.293 e. The van der Waals surface area contributed by atoms with Gasteiger partial charge in [-0.25, -0.2) is 0 Å². The van der Waals surface area contributed by atoms with Crippen LogP contribution in [0.2, 0.25) is 0 Å². The summed E-state index contributed by atoms with van der Waals surface area (Å²) in [6.07, 6.45) is 2.32. The number of aryl methyl sites for hydroxylation is 1. The SMILES string of the molecule is Cc1ccc(CN2C(=O)S/C(=C\c3cc(Cc4ccccc4)ccc3O)C2=O)cc1. The highest BCUT2D eigenvalue weighted by molar-refractivity contribution is 8.18. The van der Waals surface area contributed by atoms with Crippen molar-refractivity contribution in [2.45, 2.75) is 19.9 Å². The molecule has 4 rings (SSSR count). The first-order valence-electron chi connectivity index (χ1n) is 9.66. The van der Waals surface area contributed by atoms with Gasteiger partial charge in [-0.05, 0) is 60.0 Å². The molecule has 1 heterocycles. The predicted octanol–water partition coefficient (Wildman–Crippen LogP) is 5.53. The first-order chi connectivity index (χ1) is 14.5. The Kier molecular flexibility index (Phi) is 5.72. The van der Waals surface area contributed by atoms with Crippen LogP contribution in [0.3, 0.4) is 0 Å². The normalized spacial score (nSPS) is 15.2. The maximum absolute atomic E-state index is 12.8. The number of thioether (sulfide) groups is 1. The third-order valence-corrected chi connectivity index (χ3v) is 5.87. The Morgan fingerprint density at radius 3 is 2.33 bits per heavy atom. The van der Waals surface area contributed by atoms with Gasteiger partial charge in [0.05, 0.1) is 11.4 Å². The Labute approximate surface area is 179 Å². The molecule has 1 saturated heterocycles. The van der Waals surface area contributed by atoms with Gasteiger partial charge in [0.25, 0.3) is 11.1 Å². The lowest BCUT2D eigenvalue weighted by Crippen LogP contribution is -2.27. The molecule has 1 aliphatic rings. The van der Waals surface area contributed by atoms with Crippen molar-refractivity contribution in [2.75, 3.05) is 0 Å². The number of benzene rings is 3. The van der Waals surface area contributed by atoms with Gasteiger partial charge < -0.3 is 5.11 Å². The zero-order chi connectivity index (χ0) is 21.1. The van der Waals surface area contributed by atoms with Crippen molar-refractivity contribution in [2.24, 2.45) is 0 Å². The van der Waals surface area contributed by atoms with E-state index in [0.29, 0.717) is 10.5 Å². The van der Waals surface area contributed by atoms with Gasteiger partial charge in [-0.3, -0.25) is 14.5 Å². The van der Waals surface area contributed by atoms with E-state index in [0.717, 1.165) is 40.4 Å². The van der Waals surface area contributed by atoms with Gasteiger partial charge in [-0.1, -0.05) is 66.2 Å². The monoisotopic (exact) mass is 415 g/mol. The number of carbonyl (C=O) groups is 2. The molecule has 30 heavy (non-hydrogen) atoms. The third kappa shape index (κ3) is 4.47. The molecule has 5 heteroatoms. The number of hydrogen-bond donors (Lipinski definition) is 1. The molecule has 0 spiro atoms. The van der Waals surface area contributed by atoms with E-state index in [2.05, 4.69) is 0 Å². The maximum atomic E-state index is 12.8. The van der Waals surface area contributed by atoms with Crippen LogP contribution in [-0.2, 0) is 17.8 Å². The molecule has 3 aromatic rings. The molecule has 1 fully saturated rings. The van der Waals surface area contributed by atoms with E-state index in [-0.39, 0.29) is 23.4 Å². The molecule has 2 amide bonds. The Balaban J connectivity index is 1.55. The minimum absolute atomic E-state index is 0.0807. The molecule has 150 valence electrons. The number of carbonyl (C=O) groups excluding carboxylic acids is 2. The first kappa shape index (κ1) is 20.0. The highest BCUT2D eigenvalue weighted by atomic mass is 32.2. The minimum Gasteiger partial charge on any atom is -0.507 e. The maximum Gasteiger partial charge on any atom is 0.293 e. The van der Waals surface area contributed by atoms with Crippen molar-refractivity contribution in [3.05, 3.63) is 106 Å². The highest BCUT2D eigenvalue weighted by Gasteiger charge is 2.35. The van der Waals surface area contributed by atoms with Crippen LogP contribution in [0.15, 0.2) is 77.7 Å². The Hall–Kier alpha value is -3.31. The van der Waals surface area contributed by atoms with Crippen molar-refractivity contribution in [1.82, 2.24) is 4.90 Å². The van der Waals surface area contributed by atoms with Gasteiger partial charge in [0.15, 0.2) is 0 Å². The van der Waals surface area contributed by atoms with Gasteiger partial charge in [0.1, 0.15) is 5.75 Å². The highest BCUT2D eigenvalue weighted by Crippen LogP contribution is 2.35. The summed E-state index contributed by atoms with van der Waals surface area (Å²) in [5.41, 5.74) is 4.73. The quantitative estimate of drug-likeness (QED) is 0.557. The molecule has 0 bridgehead atoms. The molecule has 0 unspecified atom stereocenters. The first-order valence-corrected chi connectivity index (χ1v) is 10.5. The van der Waals surface area contributed by atoms with E-state index >= 15 is 0 Å². The second-order valence-electron chi connectivity index (χ2n) is 7.31. The number of phenolic OH excluding ortho intramolecular Hbond substituents is 1. The Morgan fingerprint density at radius 2 is 1.60 bits per heavy atom. The second-order valence-corrected chi connectivity index (χ2v) is 8.30. The van der Waals surface area contributed by atoms with Crippen LogP contribution < -0.4 is 0 Å². The van der Waals surface area contributed by atoms with Crippen LogP contribution >= 0.6 is 11.8 Å². The van der Waals surface area contributed by atoms with E-state index in [1.54, 1.807) is 12.1 Å². The van der Waals surface area contributed by atoms with E-state index < -0.39 is 0 Å². The molecule has 0 radical (unpaired) electrons. The van der Waals surface area contributed by atoms with Crippen molar-refractivity contribution in [3.8, 4) is 5.75 Å². The van der Waals surface area contributed by atoms with Crippen LogP contribution in [0.1, 0.15) is 27.8 Å². The standard InChI is InChI=1S/C25H21NO3S/c1-17-7-9-19(10-8-17)16-26-24(28)23(30-25(26)29)15-21-14-20(11-12-22(21)27)13-18-5-3-2-4-6-18/h2-12,14-15,27H,13,16H2,1H3/b23-15-. The molecule has 3 aromatic carbocycles. The fourth-order valence-corrected chi connectivity index (χ4v) is 4.14. The van der Waals surface area contributed by atoms with Gasteiger partial charge in [0.2, 0.25) is 0 Å². The summed E-state index contributed by atoms with van der Waals surface area (Å²) in [5.74, 6) is -0.254. The lowest BCUT2D eigenvalue weighted by molar-refractivity contribution is -0.123. The Bertz CT molecular complexity index is 1120. The van der Waals surface area contributed by atoms with Crippen molar-refractivity contribution >= 4 is 29.0 Å². The van der Waals surface area contributed by atoms with Crippen molar-refractivity contribution in [3.63, 3.8) is 0 Å². The van der Waals surface area contributed by atoms with Crippen LogP contribution in [0.25, 0.3) is 6.08 Å². The predicted molar refractivity (Wildman–Crippen MR) is 120 cm³/mol. The average molecular weight is 416 g/mol. The third-order valence-electron chi connectivity index (χ3n) is 4.96. The molecule has 0 aromatic heterocycles. The lowest BCUT2D eigenvalue weighted by Gasteiger charge is -2.12. The number of phenols is 1. The van der Waals surface area contributed by atoms with Crippen LogP contribution in [0.4, 0.5) is 4.79 Å². The minimum atomic E-state index is -0.335. The zero-order valence-corrected chi connectivity index (χ0v) is 17.4. The topological polar surface area (TPSA) is 57.6 Å². The average Bonchev–Trinajstić information content (AvgIpc) is 3.00. The molecule has 4 nitrogen and oxygen atoms in total. The van der Waals surface area contributed by atoms with E-state index in [9.17, 15) is 14.7 Å². The summed E-state index contributed by atoms with van der Waals surface area (Å²) in [5, 5.41) is 9.98. The second kappa shape index (κ2) is 8.59. The molecule has 0 saturated carbocycles. The molecular formula is C25H21NO3S. The lowest BCUT2D eigenvalue weighted by atomic mass is 10.0. The Morgan fingerprint density at radius 1 is 0.900 bits per heavy atom. The van der Waals surface area contributed by atoms with Gasteiger partial charge >= 0.3 is 0 Å². The van der Waals surface area contributed by atoms with Crippen LogP contribution in [0, 0.1) is 6.92 Å². The summed E-state index contributed by atoms with van der Waals surface area (Å²) in [7, 11) is 0. The molecule has 1 aliphatic heterocycles. The number of hydrogen-bond acceptors (Lipinski definition) is 4. The van der Waals surface area contributed by atoms with E-state index in [1.165, 1.54) is 4.90 Å². The summed E-state index contributed by atoms with van der Waals surface area (Å²) >= 11 is 0.905. The summed E-state index contributed by atoms with van der Waals surface area (Å²) in [6, 6.07) is 23.1.